The van der Waals surface area contributed by atoms with Crippen molar-refractivity contribution in [2.24, 2.45) is 10.2 Å². The first-order chi connectivity index (χ1) is 11.5. The van der Waals surface area contributed by atoms with Gasteiger partial charge in [0.25, 0.3) is 0 Å². The summed E-state index contributed by atoms with van der Waals surface area (Å²) in [5, 5.41) is 22.3. The quantitative estimate of drug-likeness (QED) is 0.378. The van der Waals surface area contributed by atoms with Gasteiger partial charge in [0.05, 0.1) is 5.52 Å². The summed E-state index contributed by atoms with van der Waals surface area (Å²) in [5.41, 5.74) is 4.21. The number of hydrogen-bond donors (Lipinski definition) is 3. The number of azo groups is 1. The maximum Gasteiger partial charge on any atom is 0.218 e. The van der Waals surface area contributed by atoms with Crippen LogP contribution in [0.4, 0.5) is 11.4 Å². The third-order valence-electron chi connectivity index (χ3n) is 3.67. The molecule has 0 saturated carbocycles. The van der Waals surface area contributed by atoms with Gasteiger partial charge in [0.2, 0.25) is 11.0 Å². The summed E-state index contributed by atoms with van der Waals surface area (Å²) in [4.78, 5) is 2.86. The Morgan fingerprint density at radius 1 is 1.21 bits per heavy atom. The van der Waals surface area contributed by atoms with Crippen LogP contribution in [0.3, 0.4) is 0 Å². The third-order valence-corrected chi connectivity index (χ3v) is 4.34. The zero-order valence-corrected chi connectivity index (χ0v) is 15.5. The van der Waals surface area contributed by atoms with Crippen molar-refractivity contribution in [3.8, 4) is 5.88 Å². The molecule has 0 fully saturated rings. The first-order valence-electron chi connectivity index (χ1n) is 7.25. The molecule has 0 atom stereocenters. The van der Waals surface area contributed by atoms with E-state index in [1.807, 2.05) is 50.2 Å². The van der Waals surface area contributed by atoms with Crippen molar-refractivity contribution in [1.82, 2.24) is 4.98 Å². The number of nitrogens with zero attached hydrogens (tertiary/aromatic N) is 2. The van der Waals surface area contributed by atoms with E-state index in [0.717, 1.165) is 32.2 Å². The molecule has 1 heterocycles. The standard InChI is InChI=1S/C17H15BrN4OS/c1-9-4-3-5-10(2)14(9)20-17(24)22-21-15-12-8-11(18)6-7-13(12)19-16(15)23/h3-8,19,23H,1-2H3,(H,20,24). The molecule has 3 N–H and O–H groups in total. The zero-order chi connectivity index (χ0) is 17.3. The zero-order valence-electron chi connectivity index (χ0n) is 13.1. The lowest BCUT2D eigenvalue weighted by molar-refractivity contribution is 0.459. The highest BCUT2D eigenvalue weighted by atomic mass is 79.9. The molecule has 0 saturated heterocycles. The second-order valence-electron chi connectivity index (χ2n) is 5.41. The van der Waals surface area contributed by atoms with Gasteiger partial charge in [-0.3, -0.25) is 0 Å². The third kappa shape index (κ3) is 3.32. The number of H-pyrrole nitrogens is 1. The van der Waals surface area contributed by atoms with Crippen LogP contribution in [0.2, 0.25) is 0 Å². The SMILES string of the molecule is Cc1cccc(C)c1NC(=S)N=Nc1c(O)[nH]c2ccc(Br)cc12. The summed E-state index contributed by atoms with van der Waals surface area (Å²) in [6, 6.07) is 11.6. The molecular formula is C17H15BrN4OS. The molecule has 0 radical (unpaired) electrons. The predicted octanol–water partition coefficient (Wildman–Crippen LogP) is 5.73. The second kappa shape index (κ2) is 6.70. The van der Waals surface area contributed by atoms with E-state index in [1.54, 1.807) is 0 Å². The Bertz CT molecular complexity index is 944. The van der Waals surface area contributed by atoms with E-state index in [9.17, 15) is 5.11 Å². The summed E-state index contributed by atoms with van der Waals surface area (Å²) in [6.07, 6.45) is 0. The number of nitrogens with one attached hydrogen (secondary N) is 2. The lowest BCUT2D eigenvalue weighted by Crippen LogP contribution is -2.07. The average molecular weight is 403 g/mol. The predicted molar refractivity (Wildman–Crippen MR) is 104 cm³/mol. The Balaban J connectivity index is 1.87. The van der Waals surface area contributed by atoms with E-state index in [4.69, 9.17) is 12.2 Å². The smallest absolute Gasteiger partial charge is 0.218 e. The van der Waals surface area contributed by atoms with Crippen LogP contribution in [-0.4, -0.2) is 15.2 Å². The fourth-order valence-electron chi connectivity index (χ4n) is 2.48. The van der Waals surface area contributed by atoms with Crippen molar-refractivity contribution >= 4 is 55.5 Å². The number of para-hydroxylation sites is 1. The Morgan fingerprint density at radius 3 is 2.62 bits per heavy atom. The number of hydrogen-bond acceptors (Lipinski definition) is 3. The van der Waals surface area contributed by atoms with Crippen LogP contribution in [0.1, 0.15) is 11.1 Å². The molecule has 0 spiro atoms. The molecule has 0 amide bonds. The molecule has 122 valence electrons. The molecule has 0 aliphatic rings. The topological polar surface area (TPSA) is 72.8 Å². The first kappa shape index (κ1) is 16.6. The Morgan fingerprint density at radius 2 is 1.92 bits per heavy atom. The highest BCUT2D eigenvalue weighted by Gasteiger charge is 2.11. The molecule has 3 rings (SSSR count). The van der Waals surface area contributed by atoms with Gasteiger partial charge in [0, 0.05) is 15.5 Å². The number of aromatic hydroxyl groups is 1. The molecule has 0 aliphatic carbocycles. The van der Waals surface area contributed by atoms with E-state index < -0.39 is 0 Å². The van der Waals surface area contributed by atoms with E-state index in [-0.39, 0.29) is 11.0 Å². The number of aromatic nitrogens is 1. The van der Waals surface area contributed by atoms with Crippen LogP contribution in [0.25, 0.3) is 10.9 Å². The summed E-state index contributed by atoms with van der Waals surface area (Å²) in [7, 11) is 0. The second-order valence-corrected chi connectivity index (χ2v) is 6.71. The lowest BCUT2D eigenvalue weighted by atomic mass is 10.1. The van der Waals surface area contributed by atoms with Gasteiger partial charge in [-0.25, -0.2) is 0 Å². The van der Waals surface area contributed by atoms with Gasteiger partial charge in [-0.15, -0.1) is 10.2 Å². The minimum atomic E-state index is -0.0401. The van der Waals surface area contributed by atoms with Crippen molar-refractivity contribution in [2.45, 2.75) is 13.8 Å². The van der Waals surface area contributed by atoms with Gasteiger partial charge < -0.3 is 15.4 Å². The van der Waals surface area contributed by atoms with Gasteiger partial charge in [-0.1, -0.05) is 34.1 Å². The molecule has 3 aromatic rings. The first-order valence-corrected chi connectivity index (χ1v) is 8.45. The number of fused-ring (bicyclic) bond motifs is 1. The highest BCUT2D eigenvalue weighted by Crippen LogP contribution is 2.36. The monoisotopic (exact) mass is 402 g/mol. The van der Waals surface area contributed by atoms with Crippen molar-refractivity contribution in [2.75, 3.05) is 5.32 Å². The fraction of sp³-hybridized carbons (Fsp3) is 0.118. The minimum Gasteiger partial charge on any atom is -0.493 e. The minimum absolute atomic E-state index is 0.0401. The van der Waals surface area contributed by atoms with Gasteiger partial charge in [0.1, 0.15) is 0 Å². The number of benzene rings is 2. The Labute approximate surface area is 152 Å². The van der Waals surface area contributed by atoms with Crippen LogP contribution in [0.15, 0.2) is 51.1 Å². The van der Waals surface area contributed by atoms with Gasteiger partial charge in [0.15, 0.2) is 5.69 Å². The summed E-state index contributed by atoms with van der Waals surface area (Å²) in [6.45, 7) is 4.00. The normalized spacial score (nSPS) is 11.3. The lowest BCUT2D eigenvalue weighted by Gasteiger charge is -2.10. The van der Waals surface area contributed by atoms with Crippen LogP contribution in [-0.2, 0) is 0 Å². The van der Waals surface area contributed by atoms with E-state index in [0.29, 0.717) is 5.69 Å². The molecule has 2 aromatic carbocycles. The number of aryl methyl sites for hydroxylation is 2. The maximum atomic E-state index is 10.0. The van der Waals surface area contributed by atoms with Crippen LogP contribution >= 0.6 is 28.1 Å². The molecular weight excluding hydrogens is 388 g/mol. The largest absolute Gasteiger partial charge is 0.493 e. The van der Waals surface area contributed by atoms with E-state index >= 15 is 0 Å². The molecule has 0 bridgehead atoms. The number of anilines is 1. The van der Waals surface area contributed by atoms with Gasteiger partial charge in [-0.2, -0.15) is 0 Å². The number of halogens is 1. The van der Waals surface area contributed by atoms with E-state index in [1.165, 1.54) is 0 Å². The van der Waals surface area contributed by atoms with Gasteiger partial charge >= 0.3 is 0 Å². The van der Waals surface area contributed by atoms with Gasteiger partial charge in [-0.05, 0) is 55.4 Å². The molecule has 0 unspecified atom stereocenters. The number of thiocarbonyl (C=S) groups is 1. The maximum absolute atomic E-state index is 10.0. The molecule has 5 nitrogen and oxygen atoms in total. The summed E-state index contributed by atoms with van der Waals surface area (Å²) in [5.74, 6) is -0.0401. The average Bonchev–Trinajstić information content (AvgIpc) is 2.84. The molecule has 7 heteroatoms. The van der Waals surface area contributed by atoms with E-state index in [2.05, 4.69) is 36.5 Å². The molecule has 0 aliphatic heterocycles. The number of aromatic amines is 1. The highest BCUT2D eigenvalue weighted by molar-refractivity contribution is 9.10. The van der Waals surface area contributed by atoms with Crippen molar-refractivity contribution < 1.29 is 5.11 Å². The Kier molecular flexibility index (Phi) is 4.64. The van der Waals surface area contributed by atoms with Crippen LogP contribution < -0.4 is 5.32 Å². The van der Waals surface area contributed by atoms with Crippen molar-refractivity contribution in [1.29, 1.82) is 0 Å². The molecule has 24 heavy (non-hydrogen) atoms. The van der Waals surface area contributed by atoms with Crippen LogP contribution in [0.5, 0.6) is 5.88 Å². The Hall–Kier alpha value is -2.25. The molecule has 1 aromatic heterocycles. The summed E-state index contributed by atoms with van der Waals surface area (Å²) < 4.78 is 0.890. The fourth-order valence-corrected chi connectivity index (χ4v) is 2.98. The van der Waals surface area contributed by atoms with Crippen molar-refractivity contribution in [3.63, 3.8) is 0 Å². The summed E-state index contributed by atoms with van der Waals surface area (Å²) >= 11 is 8.66. The van der Waals surface area contributed by atoms with Crippen LogP contribution in [0, 0.1) is 13.8 Å². The van der Waals surface area contributed by atoms with Crippen molar-refractivity contribution in [3.05, 3.63) is 52.0 Å². The number of rotatable bonds is 2.